The minimum atomic E-state index is -2.16. The summed E-state index contributed by atoms with van der Waals surface area (Å²) in [5.74, 6) is 0.500. The van der Waals surface area contributed by atoms with Crippen LogP contribution in [0.5, 0.6) is 5.75 Å². The second kappa shape index (κ2) is 8.12. The summed E-state index contributed by atoms with van der Waals surface area (Å²) in [6.45, 7) is 12.0. The third-order valence-corrected chi connectivity index (χ3v) is 7.81. The Hall–Kier alpha value is -1.51. The molecule has 0 unspecified atom stereocenters. The lowest BCUT2D eigenvalue weighted by atomic mass is 9.56. The molecule has 0 radical (unpaired) electrons. The van der Waals surface area contributed by atoms with E-state index in [-0.39, 0.29) is 12.2 Å². The van der Waals surface area contributed by atoms with E-state index in [1.807, 2.05) is 39.0 Å². The van der Waals surface area contributed by atoms with Gasteiger partial charge in [-0.3, -0.25) is 4.79 Å². The topological polar surface area (TPSA) is 74.2 Å². The predicted molar refractivity (Wildman–Crippen MR) is 122 cm³/mol. The van der Waals surface area contributed by atoms with E-state index in [1.165, 1.54) is 0 Å². The number of hydrogen-bond acceptors (Lipinski definition) is 6. The molecule has 1 aromatic carbocycles. The van der Waals surface area contributed by atoms with E-state index in [1.54, 1.807) is 21.3 Å². The van der Waals surface area contributed by atoms with Crippen molar-refractivity contribution in [2.75, 3.05) is 21.3 Å². The van der Waals surface area contributed by atoms with Gasteiger partial charge in [-0.2, -0.15) is 0 Å². The number of methoxy groups -OCH3 is 3. The van der Waals surface area contributed by atoms with Gasteiger partial charge in [-0.15, -0.1) is 0 Å². The van der Waals surface area contributed by atoms with Gasteiger partial charge in [-0.25, -0.2) is 0 Å². The molecule has 172 valence electrons. The van der Waals surface area contributed by atoms with E-state index in [0.29, 0.717) is 11.3 Å². The highest BCUT2D eigenvalue weighted by molar-refractivity contribution is 6.69. The maximum atomic E-state index is 13.2. The smallest absolute Gasteiger partial charge is 0.184 e. The molecule has 0 fully saturated rings. The number of carbonyl (C=O) groups is 1. The van der Waals surface area contributed by atoms with E-state index >= 15 is 0 Å². The molecule has 31 heavy (non-hydrogen) atoms. The van der Waals surface area contributed by atoms with E-state index < -0.39 is 37.6 Å². The third-order valence-electron chi connectivity index (χ3n) is 6.87. The van der Waals surface area contributed by atoms with E-state index in [2.05, 4.69) is 19.6 Å². The molecule has 0 heterocycles. The molecule has 0 spiro atoms. The molecule has 1 aromatic rings. The lowest BCUT2D eigenvalue weighted by Gasteiger charge is -2.56. The molecule has 6 nitrogen and oxygen atoms in total. The SMILES string of the molecule is COc1cccc2c1[C@@H](O[Si](C)(C)C)[C@@]1(O)CC(=O)C(C)=C([C@H](OC)[C@H]2OC)C1(C)C. The van der Waals surface area contributed by atoms with Crippen molar-refractivity contribution in [3.63, 3.8) is 0 Å². The zero-order valence-electron chi connectivity index (χ0n) is 20.2. The number of carbonyl (C=O) groups excluding carboxylic acids is 1. The fourth-order valence-electron chi connectivity index (χ4n) is 5.26. The molecule has 0 saturated carbocycles. The van der Waals surface area contributed by atoms with Crippen LogP contribution in [0.25, 0.3) is 0 Å². The Morgan fingerprint density at radius 3 is 2.19 bits per heavy atom. The summed E-state index contributed by atoms with van der Waals surface area (Å²) in [5.41, 5.74) is 0.650. The molecule has 2 aliphatic rings. The van der Waals surface area contributed by atoms with Crippen LogP contribution in [0, 0.1) is 5.41 Å². The summed E-state index contributed by atoms with van der Waals surface area (Å²) >= 11 is 0. The highest BCUT2D eigenvalue weighted by Gasteiger charge is 2.61. The standard InChI is InChI=1S/C24H36O6Si/c1-14-16(25)13-24(26)22(30-31(7,8)9)18-15(11-10-12-17(18)27-4)20(28-5)21(29-6)19(14)23(24,2)3/h10-12,20-22,26H,13H2,1-9H3/t20-,21-,22+,24-/m0/s1. The van der Waals surface area contributed by atoms with Crippen molar-refractivity contribution in [1.82, 2.24) is 0 Å². The van der Waals surface area contributed by atoms with E-state index in [9.17, 15) is 9.90 Å². The van der Waals surface area contributed by atoms with Crippen molar-refractivity contribution in [2.24, 2.45) is 5.41 Å². The van der Waals surface area contributed by atoms with Crippen LogP contribution in [-0.2, 0) is 18.7 Å². The van der Waals surface area contributed by atoms with Crippen LogP contribution in [-0.4, -0.2) is 52.2 Å². The molecular weight excluding hydrogens is 412 g/mol. The Morgan fingerprint density at radius 2 is 1.68 bits per heavy atom. The highest BCUT2D eigenvalue weighted by Crippen LogP contribution is 2.59. The lowest BCUT2D eigenvalue weighted by molar-refractivity contribution is -0.165. The average Bonchev–Trinajstić information content (AvgIpc) is 2.68. The zero-order chi connectivity index (χ0) is 23.4. The Bertz CT molecular complexity index is 900. The van der Waals surface area contributed by atoms with Gasteiger partial charge in [0.1, 0.15) is 29.7 Å². The van der Waals surface area contributed by atoms with Gasteiger partial charge in [0.25, 0.3) is 0 Å². The molecule has 0 aromatic heterocycles. The van der Waals surface area contributed by atoms with Gasteiger partial charge >= 0.3 is 0 Å². The molecule has 0 aliphatic heterocycles. The molecular formula is C24H36O6Si. The van der Waals surface area contributed by atoms with Crippen molar-refractivity contribution in [2.45, 2.75) is 70.7 Å². The summed E-state index contributed by atoms with van der Waals surface area (Å²) in [6.07, 6.45) is -1.84. The van der Waals surface area contributed by atoms with Crippen LogP contribution in [0.3, 0.4) is 0 Å². The normalized spacial score (nSPS) is 30.5. The quantitative estimate of drug-likeness (QED) is 0.675. The second-order valence-corrected chi connectivity index (χ2v) is 14.5. The fourth-order valence-corrected chi connectivity index (χ4v) is 6.28. The number of fused-ring (bicyclic) bond motifs is 3. The molecule has 2 bridgehead atoms. The van der Waals surface area contributed by atoms with Gasteiger partial charge in [0, 0.05) is 31.6 Å². The van der Waals surface area contributed by atoms with Gasteiger partial charge in [0.15, 0.2) is 14.1 Å². The number of ether oxygens (including phenoxy) is 3. The molecule has 7 heteroatoms. The number of hydrogen-bond donors (Lipinski definition) is 1. The maximum absolute atomic E-state index is 13.2. The van der Waals surface area contributed by atoms with Crippen molar-refractivity contribution in [3.8, 4) is 5.75 Å². The minimum Gasteiger partial charge on any atom is -0.496 e. The van der Waals surface area contributed by atoms with Crippen LogP contribution < -0.4 is 4.74 Å². The van der Waals surface area contributed by atoms with Gasteiger partial charge in [-0.05, 0) is 49.3 Å². The number of Topliss-reactive ketones (excluding diaryl/α,β-unsaturated/α-hetero) is 1. The second-order valence-electron chi connectivity index (χ2n) is 10.1. The first-order chi connectivity index (χ1) is 14.3. The summed E-state index contributed by atoms with van der Waals surface area (Å²) in [6, 6.07) is 5.73. The largest absolute Gasteiger partial charge is 0.496 e. The van der Waals surface area contributed by atoms with E-state index in [4.69, 9.17) is 18.6 Å². The average molecular weight is 449 g/mol. The fraction of sp³-hybridized carbons (Fsp3) is 0.625. The summed E-state index contributed by atoms with van der Waals surface area (Å²) in [4.78, 5) is 13.2. The summed E-state index contributed by atoms with van der Waals surface area (Å²) in [7, 11) is 2.69. The number of ketones is 1. The molecule has 0 amide bonds. The Kier molecular flexibility index (Phi) is 6.32. The Labute approximate surface area is 186 Å². The number of rotatable bonds is 5. The van der Waals surface area contributed by atoms with Gasteiger partial charge in [0.2, 0.25) is 0 Å². The van der Waals surface area contributed by atoms with Crippen LogP contribution in [0.15, 0.2) is 29.3 Å². The number of allylic oxidation sites excluding steroid dienone is 1. The van der Waals surface area contributed by atoms with Gasteiger partial charge < -0.3 is 23.7 Å². The minimum absolute atomic E-state index is 0.0317. The molecule has 2 aliphatic carbocycles. The van der Waals surface area contributed by atoms with Crippen LogP contribution in [0.1, 0.15) is 50.5 Å². The first kappa shape index (κ1) is 24.1. The van der Waals surface area contributed by atoms with Crippen molar-refractivity contribution >= 4 is 14.1 Å². The van der Waals surface area contributed by atoms with Crippen LogP contribution in [0.2, 0.25) is 19.6 Å². The molecule has 1 N–H and O–H groups in total. The van der Waals surface area contributed by atoms with Gasteiger partial charge in [-0.1, -0.05) is 26.0 Å². The van der Waals surface area contributed by atoms with E-state index in [0.717, 1.165) is 16.7 Å². The van der Waals surface area contributed by atoms with Crippen molar-refractivity contribution < 1.29 is 28.5 Å². The first-order valence-corrected chi connectivity index (χ1v) is 14.1. The predicted octanol–water partition coefficient (Wildman–Crippen LogP) is 4.35. The van der Waals surface area contributed by atoms with Crippen LogP contribution in [0.4, 0.5) is 0 Å². The lowest BCUT2D eigenvalue weighted by Crippen LogP contribution is -2.60. The monoisotopic (exact) mass is 448 g/mol. The first-order valence-electron chi connectivity index (χ1n) is 10.7. The molecule has 3 rings (SSSR count). The number of benzene rings is 1. The molecule has 0 saturated heterocycles. The zero-order valence-corrected chi connectivity index (χ0v) is 21.2. The van der Waals surface area contributed by atoms with Crippen LogP contribution >= 0.6 is 0 Å². The maximum Gasteiger partial charge on any atom is 0.184 e. The van der Waals surface area contributed by atoms with Gasteiger partial charge in [0.05, 0.1) is 7.11 Å². The Balaban J connectivity index is 2.49. The molecule has 4 atom stereocenters. The summed E-state index contributed by atoms with van der Waals surface area (Å²) in [5, 5.41) is 12.4. The van der Waals surface area contributed by atoms with Crippen molar-refractivity contribution in [1.29, 1.82) is 0 Å². The van der Waals surface area contributed by atoms with Crippen molar-refractivity contribution in [3.05, 3.63) is 40.5 Å². The Morgan fingerprint density at radius 1 is 1.06 bits per heavy atom. The summed E-state index contributed by atoms with van der Waals surface area (Å²) < 4.78 is 24.4. The highest BCUT2D eigenvalue weighted by atomic mass is 28.4. The number of aliphatic hydroxyl groups is 1. The third kappa shape index (κ3) is 3.70.